The van der Waals surface area contributed by atoms with Gasteiger partial charge in [0, 0.05) is 16.8 Å². The number of nitrogens with zero attached hydrogens (tertiary/aromatic N) is 1. The predicted molar refractivity (Wildman–Crippen MR) is 84.3 cm³/mol. The lowest BCUT2D eigenvalue weighted by atomic mass is 10.1. The second-order valence-electron chi connectivity index (χ2n) is 4.32. The number of carbonyl (C=O) groups is 1. The van der Waals surface area contributed by atoms with Crippen LogP contribution < -0.4 is 11.1 Å². The van der Waals surface area contributed by atoms with E-state index in [4.69, 9.17) is 17.3 Å². The maximum Gasteiger partial charge on any atom is 0.256 e. The summed E-state index contributed by atoms with van der Waals surface area (Å²) in [5, 5.41) is 3.14. The molecule has 5 heteroatoms. The van der Waals surface area contributed by atoms with Crippen LogP contribution in [-0.2, 0) is 0 Å². The largest absolute Gasteiger partial charge is 0.320 e. The first kappa shape index (κ1) is 15.0. The number of carbonyl (C=O) groups excluding carboxylic acids is 1. The highest BCUT2D eigenvalue weighted by Crippen LogP contribution is 2.18. The monoisotopic (exact) mass is 299 g/mol. The van der Waals surface area contributed by atoms with Gasteiger partial charge in [0.1, 0.15) is 5.82 Å². The molecule has 106 valence electrons. The number of hydrogen-bond donors (Lipinski definition) is 2. The Labute approximate surface area is 128 Å². The molecule has 0 aliphatic rings. The number of hydrogen-bond acceptors (Lipinski definition) is 3. The molecule has 3 N–H and O–H groups in total. The van der Waals surface area contributed by atoms with Gasteiger partial charge >= 0.3 is 0 Å². The predicted octanol–water partition coefficient (Wildman–Crippen LogP) is 2.61. The normalized spacial score (nSPS) is 9.67. The van der Waals surface area contributed by atoms with Gasteiger partial charge in [-0.15, -0.1) is 0 Å². The summed E-state index contributed by atoms with van der Waals surface area (Å²) in [6.45, 7) is 2.12. The molecule has 2 aromatic rings. The molecule has 0 saturated heterocycles. The summed E-state index contributed by atoms with van der Waals surface area (Å²) < 4.78 is 0. The minimum absolute atomic E-state index is 0.262. The molecule has 4 nitrogen and oxygen atoms in total. The first-order valence-corrected chi connectivity index (χ1v) is 6.71. The van der Waals surface area contributed by atoms with Crippen LogP contribution >= 0.6 is 11.6 Å². The van der Waals surface area contributed by atoms with Crippen molar-refractivity contribution < 1.29 is 4.79 Å². The lowest BCUT2D eigenvalue weighted by Crippen LogP contribution is -2.13. The summed E-state index contributed by atoms with van der Waals surface area (Å²) in [7, 11) is 0. The Morgan fingerprint density at radius 3 is 2.86 bits per heavy atom. The van der Waals surface area contributed by atoms with Gasteiger partial charge in [0.2, 0.25) is 0 Å². The molecule has 0 aliphatic heterocycles. The van der Waals surface area contributed by atoms with E-state index < -0.39 is 0 Å². The fourth-order valence-corrected chi connectivity index (χ4v) is 1.93. The SMILES string of the molecule is Cc1cccc(NC(=O)c2ccc(C#CCN)c(Cl)c2)n1. The van der Waals surface area contributed by atoms with E-state index in [1.54, 1.807) is 24.3 Å². The molecule has 0 unspecified atom stereocenters. The third kappa shape index (κ3) is 4.06. The number of amides is 1. The Morgan fingerprint density at radius 1 is 1.38 bits per heavy atom. The maximum atomic E-state index is 12.1. The van der Waals surface area contributed by atoms with Gasteiger partial charge in [-0.05, 0) is 37.3 Å². The number of rotatable bonds is 2. The molecule has 1 heterocycles. The molecular formula is C16H14ClN3O. The van der Waals surface area contributed by atoms with Crippen LogP contribution in [0, 0.1) is 18.8 Å². The number of nitrogens with two attached hydrogens (primary N) is 1. The molecule has 0 atom stereocenters. The third-order valence-electron chi connectivity index (χ3n) is 2.69. The summed E-state index contributed by atoms with van der Waals surface area (Å²) in [5.41, 5.74) is 7.24. The Bertz CT molecular complexity index is 732. The number of benzene rings is 1. The highest BCUT2D eigenvalue weighted by Gasteiger charge is 2.09. The Kier molecular flexibility index (Phi) is 4.94. The summed E-state index contributed by atoms with van der Waals surface area (Å²) >= 11 is 6.10. The molecule has 21 heavy (non-hydrogen) atoms. The summed E-state index contributed by atoms with van der Waals surface area (Å²) in [6.07, 6.45) is 0. The lowest BCUT2D eigenvalue weighted by Gasteiger charge is -2.06. The van der Waals surface area contributed by atoms with Gasteiger partial charge < -0.3 is 11.1 Å². The van der Waals surface area contributed by atoms with Gasteiger partial charge in [-0.1, -0.05) is 29.5 Å². The second kappa shape index (κ2) is 6.89. The Morgan fingerprint density at radius 2 is 2.19 bits per heavy atom. The zero-order valence-corrected chi connectivity index (χ0v) is 12.2. The lowest BCUT2D eigenvalue weighted by molar-refractivity contribution is 0.102. The van der Waals surface area contributed by atoms with Gasteiger partial charge in [0.15, 0.2) is 0 Å². The molecular weight excluding hydrogens is 286 g/mol. The van der Waals surface area contributed by atoms with E-state index in [1.165, 1.54) is 0 Å². The first-order valence-electron chi connectivity index (χ1n) is 6.33. The van der Waals surface area contributed by atoms with E-state index >= 15 is 0 Å². The van der Waals surface area contributed by atoms with Crippen molar-refractivity contribution in [2.24, 2.45) is 5.73 Å². The van der Waals surface area contributed by atoms with Crippen LogP contribution in [0.5, 0.6) is 0 Å². The molecule has 0 saturated carbocycles. The number of halogens is 1. The molecule has 1 amide bonds. The Balaban J connectivity index is 2.18. The van der Waals surface area contributed by atoms with Gasteiger partial charge in [-0.3, -0.25) is 4.79 Å². The van der Waals surface area contributed by atoms with Crippen LogP contribution in [0.1, 0.15) is 21.6 Å². The summed E-state index contributed by atoms with van der Waals surface area (Å²) in [5.74, 6) is 5.80. The number of anilines is 1. The highest BCUT2D eigenvalue weighted by molar-refractivity contribution is 6.32. The fourth-order valence-electron chi connectivity index (χ4n) is 1.71. The van der Waals surface area contributed by atoms with Crippen LogP contribution in [-0.4, -0.2) is 17.4 Å². The second-order valence-corrected chi connectivity index (χ2v) is 4.73. The van der Waals surface area contributed by atoms with Crippen molar-refractivity contribution in [3.63, 3.8) is 0 Å². The average Bonchev–Trinajstić information content (AvgIpc) is 2.46. The minimum atomic E-state index is -0.270. The van der Waals surface area contributed by atoms with Crippen molar-refractivity contribution >= 4 is 23.3 Å². The fraction of sp³-hybridized carbons (Fsp3) is 0.125. The quantitative estimate of drug-likeness (QED) is 0.838. The molecule has 0 aliphatic carbocycles. The summed E-state index contributed by atoms with van der Waals surface area (Å²) in [4.78, 5) is 16.4. The van der Waals surface area contributed by atoms with E-state index in [9.17, 15) is 4.79 Å². The van der Waals surface area contributed by atoms with Crippen molar-refractivity contribution in [3.05, 3.63) is 58.2 Å². The number of aryl methyl sites for hydroxylation is 1. The Hall–Kier alpha value is -2.35. The molecule has 0 bridgehead atoms. The molecule has 0 radical (unpaired) electrons. The van der Waals surface area contributed by atoms with Gasteiger partial charge in [-0.25, -0.2) is 4.98 Å². The topological polar surface area (TPSA) is 68.0 Å². The van der Waals surface area contributed by atoms with Crippen LogP contribution in [0.15, 0.2) is 36.4 Å². The molecule has 0 fully saturated rings. The van der Waals surface area contributed by atoms with Crippen LogP contribution in [0.3, 0.4) is 0 Å². The molecule has 1 aromatic heterocycles. The maximum absolute atomic E-state index is 12.1. The van der Waals surface area contributed by atoms with Crippen LogP contribution in [0.2, 0.25) is 5.02 Å². The van der Waals surface area contributed by atoms with E-state index in [0.29, 0.717) is 22.0 Å². The van der Waals surface area contributed by atoms with Crippen molar-refractivity contribution in [3.8, 4) is 11.8 Å². The van der Waals surface area contributed by atoms with Crippen molar-refractivity contribution in [1.29, 1.82) is 0 Å². The van der Waals surface area contributed by atoms with Gasteiger partial charge in [-0.2, -0.15) is 0 Å². The summed E-state index contributed by atoms with van der Waals surface area (Å²) in [6, 6.07) is 10.4. The van der Waals surface area contributed by atoms with Gasteiger partial charge in [0.25, 0.3) is 5.91 Å². The van der Waals surface area contributed by atoms with E-state index in [0.717, 1.165) is 5.69 Å². The zero-order chi connectivity index (χ0) is 15.2. The minimum Gasteiger partial charge on any atom is -0.320 e. The smallest absolute Gasteiger partial charge is 0.256 e. The standard InChI is InChI=1S/C16H14ClN3O/c1-11-4-2-6-15(19-11)20-16(21)13-8-7-12(5-3-9-18)14(17)10-13/h2,4,6-8,10H,9,18H2,1H3,(H,19,20,21). The number of aromatic nitrogens is 1. The third-order valence-corrected chi connectivity index (χ3v) is 3.00. The molecule has 2 rings (SSSR count). The van der Waals surface area contributed by atoms with E-state index in [2.05, 4.69) is 22.1 Å². The van der Waals surface area contributed by atoms with E-state index in [1.807, 2.05) is 19.1 Å². The first-order chi connectivity index (χ1) is 10.1. The zero-order valence-electron chi connectivity index (χ0n) is 11.5. The van der Waals surface area contributed by atoms with E-state index in [-0.39, 0.29) is 12.5 Å². The van der Waals surface area contributed by atoms with Crippen molar-refractivity contribution in [2.75, 3.05) is 11.9 Å². The van der Waals surface area contributed by atoms with Crippen molar-refractivity contribution in [2.45, 2.75) is 6.92 Å². The van der Waals surface area contributed by atoms with Crippen LogP contribution in [0.25, 0.3) is 0 Å². The van der Waals surface area contributed by atoms with Crippen molar-refractivity contribution in [1.82, 2.24) is 4.98 Å². The average molecular weight is 300 g/mol. The number of pyridine rings is 1. The van der Waals surface area contributed by atoms with Gasteiger partial charge in [0.05, 0.1) is 11.6 Å². The molecule has 1 aromatic carbocycles. The molecule has 0 spiro atoms. The van der Waals surface area contributed by atoms with Crippen LogP contribution in [0.4, 0.5) is 5.82 Å². The number of nitrogens with one attached hydrogen (secondary N) is 1. The highest BCUT2D eigenvalue weighted by atomic mass is 35.5.